The maximum Gasteiger partial charge on any atom is 0.246 e. The zero-order chi connectivity index (χ0) is 66.7. The molecule has 1 aliphatic heterocycles. The highest BCUT2D eigenvalue weighted by Gasteiger charge is 2.46. The molecule has 13 atom stereocenters. The van der Waals surface area contributed by atoms with E-state index in [1.54, 1.807) is 66.7 Å². The van der Waals surface area contributed by atoms with Crippen molar-refractivity contribution < 1.29 is 57.8 Å². The summed E-state index contributed by atoms with van der Waals surface area (Å²) >= 11 is 0. The fourth-order valence-corrected chi connectivity index (χ4v) is 11.1. The van der Waals surface area contributed by atoms with Crippen molar-refractivity contribution in [3.05, 3.63) is 24.8 Å². The number of likely N-dealkylation sites (N-methyl/N-ethyl adjacent to an activating group) is 6. The zero-order valence-electron chi connectivity index (χ0n) is 56.5. The van der Waals surface area contributed by atoms with Gasteiger partial charge in [-0.3, -0.25) is 52.7 Å². The van der Waals surface area contributed by atoms with Gasteiger partial charge in [0.05, 0.1) is 18.7 Å². The van der Waals surface area contributed by atoms with Crippen molar-refractivity contribution in [2.24, 2.45) is 53.3 Å². The molecule has 1 fully saturated rings. The molecule has 5 N–H and O–H groups in total. The number of aliphatic hydroxyl groups is 1. The Bertz CT molecular complexity index is 2370. The van der Waals surface area contributed by atoms with Gasteiger partial charge in [0.25, 0.3) is 0 Å². The molecule has 0 bridgehead atoms. The van der Waals surface area contributed by atoms with Gasteiger partial charge in [-0.1, -0.05) is 129 Å². The largest absolute Gasteiger partial charge is 0.390 e. The standard InChI is InChI=1S/C64H112N10O12/c1-25-27-28-29-41(15)54(76)53-59(81)67-45(26-2)61(83)69(19)34-50(75)70(20)47(31-36(5)6)58(80)68-52(40(13)14)64(86)72(22)48(32-37(7)8)57(79)65-43(17)56(78)66-44(18)60(82)73(23)49(33-38(9)10)62(84)71(21)46(30-35(3)4)55(77)42(16)51(39(11)12)63(85)74(53)24/h25,27-28,35-49,51-54,76H,1,26,29-34H2,2-24H3,(H,65,79)(H,66,78)(H,67,81)(H,68,80)/b28-27+/t41-,42?,43+,44-,45?,46?,47+,48+,49+,51+,52?,53+,54-/m1/s1. The van der Waals surface area contributed by atoms with Gasteiger partial charge in [0.2, 0.25) is 59.1 Å². The molecular weight excluding hydrogens is 1100 g/mol. The Hall–Kier alpha value is -6.19. The average molecular weight is 1210 g/mol. The summed E-state index contributed by atoms with van der Waals surface area (Å²) in [5, 5.41) is 23.1. The number of nitrogens with one attached hydrogen (secondary N) is 4. The van der Waals surface area contributed by atoms with Gasteiger partial charge in [-0.15, -0.1) is 0 Å². The summed E-state index contributed by atoms with van der Waals surface area (Å²) in [6, 6.07) is -11.0. The van der Waals surface area contributed by atoms with E-state index in [0.717, 1.165) is 9.80 Å². The minimum Gasteiger partial charge on any atom is -0.390 e. The highest BCUT2D eigenvalue weighted by Crippen LogP contribution is 2.31. The van der Waals surface area contributed by atoms with Crippen LogP contribution in [0.25, 0.3) is 0 Å². The minimum atomic E-state index is -1.61. The van der Waals surface area contributed by atoms with E-state index in [4.69, 9.17) is 0 Å². The first-order valence-electron chi connectivity index (χ1n) is 31.0. The van der Waals surface area contributed by atoms with Crippen LogP contribution < -0.4 is 21.3 Å². The van der Waals surface area contributed by atoms with E-state index in [9.17, 15) is 48.3 Å². The van der Waals surface area contributed by atoms with Crippen molar-refractivity contribution in [3.63, 3.8) is 0 Å². The zero-order valence-corrected chi connectivity index (χ0v) is 56.5. The van der Waals surface area contributed by atoms with E-state index < -0.39 is 161 Å². The summed E-state index contributed by atoms with van der Waals surface area (Å²) in [5.41, 5.74) is 0. The van der Waals surface area contributed by atoms with Crippen molar-refractivity contribution in [1.29, 1.82) is 0 Å². The SMILES string of the molecule is C=C/C=C/C[C@@H](C)[C@@H](O)[C@H]1C(=O)NC(CC)C(=O)N(C)CC(=O)N(C)[C@@H](CC(C)C)C(=O)NC(C(C)C)C(=O)N(C)[C@@H](CC(C)C)C(=O)N[C@@H](C)C(=O)N[C@H](C)C(=O)N(C)[C@@H](CC(C)C)C(=O)N(C)C(CC(C)C)C(=O)C(C)[C@H](C(C)C)C(=O)N1C. The Morgan fingerprint density at radius 2 is 0.965 bits per heavy atom. The molecule has 22 heteroatoms. The average Bonchev–Trinajstić information content (AvgIpc) is 3.63. The molecule has 1 saturated heterocycles. The number of amides is 10. The number of rotatable bonds is 16. The molecule has 0 spiro atoms. The van der Waals surface area contributed by atoms with Gasteiger partial charge in [-0.05, 0) is 93.8 Å². The number of hydrogen-bond donors (Lipinski definition) is 5. The van der Waals surface area contributed by atoms with E-state index in [2.05, 4.69) is 27.8 Å². The summed E-state index contributed by atoms with van der Waals surface area (Å²) in [6.07, 6.45) is 4.42. The van der Waals surface area contributed by atoms with Gasteiger partial charge in [-0.2, -0.15) is 0 Å². The monoisotopic (exact) mass is 1210 g/mol. The lowest BCUT2D eigenvalue weighted by Crippen LogP contribution is -2.61. The number of aliphatic hydroxyl groups excluding tert-OH is 1. The van der Waals surface area contributed by atoms with Gasteiger partial charge >= 0.3 is 0 Å². The van der Waals surface area contributed by atoms with Crippen molar-refractivity contribution in [1.82, 2.24) is 50.7 Å². The minimum absolute atomic E-state index is 0.0207. The molecule has 86 heavy (non-hydrogen) atoms. The van der Waals surface area contributed by atoms with Gasteiger partial charge in [0.15, 0.2) is 5.78 Å². The fourth-order valence-electron chi connectivity index (χ4n) is 11.1. The predicted octanol–water partition coefficient (Wildman–Crippen LogP) is 4.43. The Morgan fingerprint density at radius 1 is 0.512 bits per heavy atom. The predicted molar refractivity (Wildman–Crippen MR) is 334 cm³/mol. The maximum absolute atomic E-state index is 15.2. The summed E-state index contributed by atoms with van der Waals surface area (Å²) in [5.74, 6) is -11.6. The third-order valence-corrected chi connectivity index (χ3v) is 16.5. The molecule has 4 unspecified atom stereocenters. The first-order valence-corrected chi connectivity index (χ1v) is 31.0. The van der Waals surface area contributed by atoms with Crippen molar-refractivity contribution >= 4 is 64.9 Å². The van der Waals surface area contributed by atoms with E-state index in [0.29, 0.717) is 0 Å². The normalized spacial score (nSPS) is 27.5. The van der Waals surface area contributed by atoms with Crippen LogP contribution in [0.1, 0.15) is 156 Å². The first kappa shape index (κ1) is 77.8. The molecule has 1 aliphatic rings. The highest BCUT2D eigenvalue weighted by atomic mass is 16.3. The number of carbonyl (C=O) groups is 11. The molecule has 10 amide bonds. The molecule has 1 heterocycles. The van der Waals surface area contributed by atoms with E-state index in [1.165, 1.54) is 75.7 Å². The fraction of sp³-hybridized carbons (Fsp3) is 0.766. The Morgan fingerprint density at radius 3 is 1.44 bits per heavy atom. The second kappa shape index (κ2) is 35.6. The van der Waals surface area contributed by atoms with E-state index >= 15 is 9.59 Å². The van der Waals surface area contributed by atoms with Gasteiger partial charge in [0.1, 0.15) is 48.3 Å². The van der Waals surface area contributed by atoms with Gasteiger partial charge < -0.3 is 55.8 Å². The van der Waals surface area contributed by atoms with Crippen molar-refractivity contribution in [2.45, 2.75) is 217 Å². The lowest BCUT2D eigenvalue weighted by atomic mass is 9.77. The summed E-state index contributed by atoms with van der Waals surface area (Å²) < 4.78 is 0. The van der Waals surface area contributed by atoms with Crippen molar-refractivity contribution in [2.75, 3.05) is 48.8 Å². The lowest BCUT2D eigenvalue weighted by Gasteiger charge is -2.40. The quantitative estimate of drug-likeness (QED) is 0.134. The highest BCUT2D eigenvalue weighted by molar-refractivity contribution is 6.00. The molecular formula is C64H112N10O12. The second-order valence-electron chi connectivity index (χ2n) is 26.5. The molecule has 0 radical (unpaired) electrons. The number of carbonyl (C=O) groups excluding carboxylic acids is 11. The van der Waals surface area contributed by atoms with Crippen LogP contribution in [0, 0.1) is 53.3 Å². The van der Waals surface area contributed by atoms with Crippen LogP contribution in [0.15, 0.2) is 24.8 Å². The van der Waals surface area contributed by atoms with E-state index in [1.807, 2.05) is 55.4 Å². The molecule has 0 saturated carbocycles. The smallest absolute Gasteiger partial charge is 0.246 e. The molecule has 0 aromatic carbocycles. The Kier molecular flexibility index (Phi) is 32.2. The summed E-state index contributed by atoms with van der Waals surface area (Å²) in [6.45, 7) is 32.9. The van der Waals surface area contributed by atoms with Crippen LogP contribution in [0.2, 0.25) is 0 Å². The summed E-state index contributed by atoms with van der Waals surface area (Å²) in [4.78, 5) is 168. The molecule has 490 valence electrons. The number of nitrogens with zero attached hydrogens (tertiary/aromatic N) is 6. The van der Waals surface area contributed by atoms with Gasteiger partial charge in [-0.25, -0.2) is 0 Å². The van der Waals surface area contributed by atoms with Crippen LogP contribution >= 0.6 is 0 Å². The summed E-state index contributed by atoms with van der Waals surface area (Å²) in [7, 11) is 8.52. The van der Waals surface area contributed by atoms with Crippen LogP contribution in [0.4, 0.5) is 0 Å². The van der Waals surface area contributed by atoms with Crippen LogP contribution in [0.3, 0.4) is 0 Å². The molecule has 0 aromatic rings. The Balaban J connectivity index is 4.34. The lowest BCUT2D eigenvalue weighted by molar-refractivity contribution is -0.154. The molecule has 0 aromatic heterocycles. The number of Topliss-reactive ketones (excluding diaryl/α,β-unsaturated/α-hetero) is 1. The molecule has 1 rings (SSSR count). The second-order valence-corrected chi connectivity index (χ2v) is 26.5. The number of allylic oxidation sites excluding steroid dienone is 3. The van der Waals surface area contributed by atoms with Crippen LogP contribution in [-0.2, 0) is 52.7 Å². The topological polar surface area (TPSA) is 276 Å². The number of hydrogen-bond acceptors (Lipinski definition) is 12. The molecule has 22 nitrogen and oxygen atoms in total. The van der Waals surface area contributed by atoms with Crippen molar-refractivity contribution in [3.8, 4) is 0 Å². The van der Waals surface area contributed by atoms with E-state index in [-0.39, 0.29) is 62.2 Å². The third kappa shape index (κ3) is 21.9. The number of ketones is 1. The molecule has 0 aliphatic carbocycles. The Labute approximate surface area is 515 Å². The first-order chi connectivity index (χ1) is 39.7. The van der Waals surface area contributed by atoms with Crippen LogP contribution in [0.5, 0.6) is 0 Å². The van der Waals surface area contributed by atoms with Crippen LogP contribution in [-0.4, -0.2) is 209 Å². The maximum atomic E-state index is 15.2. The van der Waals surface area contributed by atoms with Gasteiger partial charge in [0, 0.05) is 54.1 Å². The third-order valence-electron chi connectivity index (χ3n) is 16.5.